The molecule has 1 N–H and O–H groups in total. The lowest BCUT2D eigenvalue weighted by molar-refractivity contribution is -0.117. The number of hydrogen-bond donors (Lipinski definition) is 1. The van der Waals surface area contributed by atoms with E-state index < -0.39 is 0 Å². The monoisotopic (exact) mass is 432 g/mol. The lowest BCUT2D eigenvalue weighted by atomic mass is 10.1. The summed E-state index contributed by atoms with van der Waals surface area (Å²) in [6, 6.07) is 1.44. The first-order valence-electron chi connectivity index (χ1n) is 8.08. The number of carbonyl (C=O) groups excluding carboxylic acids is 1. The van der Waals surface area contributed by atoms with Gasteiger partial charge in [0.15, 0.2) is 0 Å². The number of halogens is 4. The van der Waals surface area contributed by atoms with Crippen molar-refractivity contribution in [2.75, 3.05) is 18.4 Å². The van der Waals surface area contributed by atoms with E-state index in [2.05, 4.69) is 15.3 Å². The molecule has 0 radical (unpaired) electrons. The van der Waals surface area contributed by atoms with Crippen molar-refractivity contribution in [3.8, 4) is 0 Å². The molecule has 1 aliphatic rings. The Morgan fingerprint density at radius 3 is 2.58 bits per heavy atom. The maximum absolute atomic E-state index is 12.5. The van der Waals surface area contributed by atoms with E-state index in [9.17, 15) is 4.79 Å². The van der Waals surface area contributed by atoms with Gasteiger partial charge in [-0.2, -0.15) is 0 Å². The van der Waals surface area contributed by atoms with Crippen LogP contribution in [0.3, 0.4) is 0 Å². The first kappa shape index (κ1) is 19.6. The van der Waals surface area contributed by atoms with Crippen molar-refractivity contribution in [2.45, 2.75) is 26.3 Å². The van der Waals surface area contributed by atoms with Crippen molar-refractivity contribution in [2.24, 2.45) is 0 Å². The van der Waals surface area contributed by atoms with Gasteiger partial charge >= 0.3 is 0 Å². The predicted molar refractivity (Wildman–Crippen MR) is 106 cm³/mol. The molecule has 9 heteroatoms. The van der Waals surface area contributed by atoms with Gasteiger partial charge in [0.2, 0.25) is 5.91 Å². The van der Waals surface area contributed by atoms with E-state index in [0.717, 1.165) is 36.5 Å². The van der Waals surface area contributed by atoms with Gasteiger partial charge in [-0.3, -0.25) is 9.69 Å². The van der Waals surface area contributed by atoms with E-state index >= 15 is 0 Å². The molecule has 1 aromatic heterocycles. The van der Waals surface area contributed by atoms with Gasteiger partial charge in [0.1, 0.15) is 5.82 Å². The summed E-state index contributed by atoms with van der Waals surface area (Å²) in [6.07, 6.45) is 3.46. The summed E-state index contributed by atoms with van der Waals surface area (Å²) >= 11 is 24.3. The molecule has 5 nitrogen and oxygen atoms in total. The fourth-order valence-corrected chi connectivity index (χ4v) is 3.67. The van der Waals surface area contributed by atoms with Crippen molar-refractivity contribution in [1.82, 2.24) is 14.9 Å². The highest BCUT2D eigenvalue weighted by Crippen LogP contribution is 2.41. The second-order valence-corrected chi connectivity index (χ2v) is 7.53. The molecule has 3 rings (SSSR count). The molecule has 26 heavy (non-hydrogen) atoms. The summed E-state index contributed by atoms with van der Waals surface area (Å²) in [5.74, 6) is 0.558. The summed E-state index contributed by atoms with van der Waals surface area (Å²) in [4.78, 5) is 23.4. The molecule has 0 aliphatic carbocycles. The highest BCUT2D eigenvalue weighted by molar-refractivity contribution is 6.50. The number of rotatable bonds is 4. The fourth-order valence-electron chi connectivity index (χ4n) is 2.77. The smallest absolute Gasteiger partial charge is 0.238 e. The number of nitrogens with zero attached hydrogens (tertiary/aromatic N) is 3. The zero-order valence-electron chi connectivity index (χ0n) is 14.0. The Hall–Kier alpha value is -1.11. The van der Waals surface area contributed by atoms with Gasteiger partial charge in [0, 0.05) is 25.7 Å². The fraction of sp³-hybridized carbons (Fsp3) is 0.353. The minimum absolute atomic E-state index is 0.165. The van der Waals surface area contributed by atoms with E-state index in [0.29, 0.717) is 6.54 Å². The number of hydrogen-bond acceptors (Lipinski definition) is 4. The molecule has 0 fully saturated rings. The molecule has 1 aliphatic heterocycles. The van der Waals surface area contributed by atoms with Gasteiger partial charge in [-0.15, -0.1) is 0 Å². The topological polar surface area (TPSA) is 58.1 Å². The van der Waals surface area contributed by atoms with Crippen LogP contribution in [0.4, 0.5) is 5.69 Å². The molecule has 138 valence electrons. The Labute approximate surface area is 171 Å². The Kier molecular flexibility index (Phi) is 6.25. The molecule has 0 saturated carbocycles. The van der Waals surface area contributed by atoms with Gasteiger partial charge in [0.25, 0.3) is 0 Å². The molecule has 1 aromatic carbocycles. The first-order valence-corrected chi connectivity index (χ1v) is 9.59. The molecule has 0 bridgehead atoms. The summed E-state index contributed by atoms with van der Waals surface area (Å²) in [5.41, 5.74) is 2.33. The number of nitrogens with one attached hydrogen (secondary N) is 1. The van der Waals surface area contributed by atoms with Crippen molar-refractivity contribution >= 4 is 58.0 Å². The van der Waals surface area contributed by atoms with E-state index in [1.165, 1.54) is 6.07 Å². The van der Waals surface area contributed by atoms with Crippen LogP contribution in [0.15, 0.2) is 12.3 Å². The lowest BCUT2D eigenvalue weighted by Gasteiger charge is -2.27. The maximum atomic E-state index is 12.5. The minimum atomic E-state index is -0.250. The average Bonchev–Trinajstić information content (AvgIpc) is 2.63. The number of fused-ring (bicyclic) bond motifs is 1. The first-order chi connectivity index (χ1) is 12.4. The van der Waals surface area contributed by atoms with Crippen LogP contribution in [0.2, 0.25) is 20.1 Å². The third kappa shape index (κ3) is 4.24. The highest BCUT2D eigenvalue weighted by Gasteiger charge is 2.22. The van der Waals surface area contributed by atoms with Crippen LogP contribution in [0.25, 0.3) is 0 Å². The summed E-state index contributed by atoms with van der Waals surface area (Å²) in [5, 5.41) is 3.50. The standard InChI is InChI=1S/C17H16Cl4N4O/c1-2-13-22-6-9-3-4-25(7-12(9)23-13)8-14(26)24-17-15(20)10(18)5-11(19)16(17)21/h5-6H,2-4,7-8H2,1H3,(H,24,26). The largest absolute Gasteiger partial charge is 0.322 e. The van der Waals surface area contributed by atoms with Gasteiger partial charge in [-0.25, -0.2) is 9.97 Å². The Morgan fingerprint density at radius 2 is 1.92 bits per heavy atom. The number of amides is 1. The third-order valence-electron chi connectivity index (χ3n) is 4.13. The number of aryl methyl sites for hydroxylation is 1. The molecule has 2 heterocycles. The SMILES string of the molecule is CCc1ncc2c(n1)CN(CC(=O)Nc1c(Cl)c(Cl)cc(Cl)c1Cl)CC2. The quantitative estimate of drug-likeness (QED) is 0.713. The van der Waals surface area contributed by atoms with Gasteiger partial charge in [-0.05, 0) is 18.1 Å². The minimum Gasteiger partial charge on any atom is -0.322 e. The average molecular weight is 434 g/mol. The predicted octanol–water partition coefficient (Wildman–Crippen LogP) is 4.65. The Bertz CT molecular complexity index is 833. The maximum Gasteiger partial charge on any atom is 0.238 e. The van der Waals surface area contributed by atoms with Crippen LogP contribution in [-0.2, 0) is 24.2 Å². The molecule has 0 spiro atoms. The van der Waals surface area contributed by atoms with Crippen molar-refractivity contribution in [1.29, 1.82) is 0 Å². The molecule has 0 unspecified atom stereocenters. The van der Waals surface area contributed by atoms with Crippen molar-refractivity contribution in [3.05, 3.63) is 49.4 Å². The number of carbonyl (C=O) groups is 1. The van der Waals surface area contributed by atoms with E-state index in [1.54, 1.807) is 0 Å². The van der Waals surface area contributed by atoms with Crippen LogP contribution in [-0.4, -0.2) is 33.9 Å². The van der Waals surface area contributed by atoms with E-state index in [1.807, 2.05) is 18.0 Å². The second kappa shape index (κ2) is 8.28. The van der Waals surface area contributed by atoms with Crippen LogP contribution >= 0.6 is 46.4 Å². The normalized spacial score (nSPS) is 14.2. The summed E-state index contributed by atoms with van der Waals surface area (Å²) in [6.45, 7) is 3.53. The van der Waals surface area contributed by atoms with Gasteiger partial charge in [0.05, 0.1) is 38.0 Å². The molecular weight excluding hydrogens is 418 g/mol. The number of anilines is 1. The van der Waals surface area contributed by atoms with Crippen LogP contribution in [0.1, 0.15) is 24.0 Å². The Balaban J connectivity index is 1.70. The van der Waals surface area contributed by atoms with E-state index in [4.69, 9.17) is 46.4 Å². The molecule has 2 aromatic rings. The lowest BCUT2D eigenvalue weighted by Crippen LogP contribution is -2.37. The van der Waals surface area contributed by atoms with Crippen LogP contribution < -0.4 is 5.32 Å². The molecule has 0 saturated heterocycles. The number of benzene rings is 1. The van der Waals surface area contributed by atoms with Crippen molar-refractivity contribution < 1.29 is 4.79 Å². The van der Waals surface area contributed by atoms with Crippen LogP contribution in [0, 0.1) is 0 Å². The molecule has 1 amide bonds. The molecular formula is C17H16Cl4N4O. The van der Waals surface area contributed by atoms with Crippen LogP contribution in [0.5, 0.6) is 0 Å². The highest BCUT2D eigenvalue weighted by atomic mass is 35.5. The Morgan fingerprint density at radius 1 is 1.23 bits per heavy atom. The summed E-state index contributed by atoms with van der Waals surface area (Å²) in [7, 11) is 0. The zero-order valence-corrected chi connectivity index (χ0v) is 17.0. The van der Waals surface area contributed by atoms with E-state index in [-0.39, 0.29) is 38.2 Å². The summed E-state index contributed by atoms with van der Waals surface area (Å²) < 4.78 is 0. The van der Waals surface area contributed by atoms with Gasteiger partial charge < -0.3 is 5.32 Å². The molecule has 0 atom stereocenters. The van der Waals surface area contributed by atoms with Gasteiger partial charge in [-0.1, -0.05) is 53.3 Å². The number of aromatic nitrogens is 2. The second-order valence-electron chi connectivity index (χ2n) is 5.96. The zero-order chi connectivity index (χ0) is 18.8. The third-order valence-corrected chi connectivity index (χ3v) is 5.71. The van der Waals surface area contributed by atoms with Crippen molar-refractivity contribution in [3.63, 3.8) is 0 Å².